The molecule has 2 N–H and O–H groups in total. The van der Waals surface area contributed by atoms with Gasteiger partial charge in [0.1, 0.15) is 0 Å². The molecule has 0 aliphatic heterocycles. The molecule has 0 bridgehead atoms. The number of H-pyrrole nitrogens is 1. The first-order valence-electron chi connectivity index (χ1n) is 6.53. The van der Waals surface area contributed by atoms with Crippen LogP contribution in [0, 0.1) is 6.92 Å². The lowest BCUT2D eigenvalue weighted by Crippen LogP contribution is -1.95. The monoisotopic (exact) mass is 298 g/mol. The third kappa shape index (κ3) is 3.08. The standard InChI is InChI=1S/C16H14N2O2S/c1-10-2-7-13-14(8-10)18-16(17-13)21-9-11-3-5-12(6-4-11)15(19)20/h2-8H,9H2,1H3,(H,17,18)(H,19,20). The minimum Gasteiger partial charge on any atom is -0.478 e. The van der Waals surface area contributed by atoms with Crippen LogP contribution in [-0.4, -0.2) is 21.0 Å². The highest BCUT2D eigenvalue weighted by atomic mass is 32.2. The summed E-state index contributed by atoms with van der Waals surface area (Å²) in [6.07, 6.45) is 0. The Morgan fingerprint density at radius 2 is 2.00 bits per heavy atom. The number of carboxylic acids is 1. The number of nitrogens with zero attached hydrogens (tertiary/aromatic N) is 1. The van der Waals surface area contributed by atoms with Crippen molar-refractivity contribution >= 4 is 28.8 Å². The number of benzene rings is 2. The second-order valence-electron chi connectivity index (χ2n) is 4.85. The molecule has 4 nitrogen and oxygen atoms in total. The van der Waals surface area contributed by atoms with Gasteiger partial charge in [0.25, 0.3) is 0 Å². The summed E-state index contributed by atoms with van der Waals surface area (Å²) in [5.74, 6) is -0.152. The maximum absolute atomic E-state index is 10.8. The van der Waals surface area contributed by atoms with Gasteiger partial charge in [-0.05, 0) is 42.3 Å². The summed E-state index contributed by atoms with van der Waals surface area (Å²) in [6.45, 7) is 2.05. The molecule has 21 heavy (non-hydrogen) atoms. The molecule has 2 aromatic carbocycles. The first-order valence-corrected chi connectivity index (χ1v) is 7.52. The SMILES string of the molecule is Cc1ccc2nc(SCc3ccc(C(=O)O)cc3)[nH]c2c1. The van der Waals surface area contributed by atoms with E-state index >= 15 is 0 Å². The van der Waals surface area contributed by atoms with Crippen molar-refractivity contribution in [3.63, 3.8) is 0 Å². The largest absolute Gasteiger partial charge is 0.478 e. The number of nitrogens with one attached hydrogen (secondary N) is 1. The predicted molar refractivity (Wildman–Crippen MR) is 83.8 cm³/mol. The van der Waals surface area contributed by atoms with Crippen LogP contribution in [0.2, 0.25) is 0 Å². The number of rotatable bonds is 4. The van der Waals surface area contributed by atoms with Crippen molar-refractivity contribution in [2.24, 2.45) is 0 Å². The van der Waals surface area contributed by atoms with E-state index in [4.69, 9.17) is 5.11 Å². The molecule has 106 valence electrons. The number of aromatic carboxylic acids is 1. The molecule has 0 aliphatic carbocycles. The Bertz CT molecular complexity index is 794. The number of carbonyl (C=O) groups is 1. The maximum Gasteiger partial charge on any atom is 0.335 e. The van der Waals surface area contributed by atoms with E-state index in [-0.39, 0.29) is 0 Å². The molecule has 0 saturated heterocycles. The third-order valence-electron chi connectivity index (χ3n) is 3.19. The van der Waals surface area contributed by atoms with E-state index in [0.717, 1.165) is 27.5 Å². The zero-order chi connectivity index (χ0) is 14.8. The highest BCUT2D eigenvalue weighted by molar-refractivity contribution is 7.98. The number of carboxylic acid groups (broad SMARTS) is 1. The average Bonchev–Trinajstić information content (AvgIpc) is 2.87. The fourth-order valence-electron chi connectivity index (χ4n) is 2.06. The summed E-state index contributed by atoms with van der Waals surface area (Å²) in [5.41, 5.74) is 4.58. The second kappa shape index (κ2) is 5.61. The van der Waals surface area contributed by atoms with Crippen molar-refractivity contribution in [3.8, 4) is 0 Å². The van der Waals surface area contributed by atoms with Gasteiger partial charge >= 0.3 is 5.97 Å². The van der Waals surface area contributed by atoms with Gasteiger partial charge in [0.05, 0.1) is 16.6 Å². The molecule has 3 rings (SSSR count). The van der Waals surface area contributed by atoms with Crippen LogP contribution < -0.4 is 0 Å². The minimum absolute atomic E-state index is 0.308. The number of aryl methyl sites for hydroxylation is 1. The summed E-state index contributed by atoms with van der Waals surface area (Å²) < 4.78 is 0. The highest BCUT2D eigenvalue weighted by Crippen LogP contribution is 2.23. The van der Waals surface area contributed by atoms with Crippen LogP contribution in [0.1, 0.15) is 21.5 Å². The van der Waals surface area contributed by atoms with Crippen LogP contribution in [0.5, 0.6) is 0 Å². The molecule has 3 aromatic rings. The van der Waals surface area contributed by atoms with Crippen molar-refractivity contribution in [2.45, 2.75) is 17.8 Å². The number of aromatic amines is 1. The van der Waals surface area contributed by atoms with E-state index in [2.05, 4.69) is 23.0 Å². The lowest BCUT2D eigenvalue weighted by atomic mass is 10.1. The lowest BCUT2D eigenvalue weighted by molar-refractivity contribution is 0.0697. The highest BCUT2D eigenvalue weighted by Gasteiger charge is 2.05. The van der Waals surface area contributed by atoms with Crippen LogP contribution in [-0.2, 0) is 5.75 Å². The number of fused-ring (bicyclic) bond motifs is 1. The first kappa shape index (κ1) is 13.7. The number of hydrogen-bond donors (Lipinski definition) is 2. The number of imidazole rings is 1. The number of aromatic nitrogens is 2. The summed E-state index contributed by atoms with van der Waals surface area (Å²) in [5, 5.41) is 9.74. The second-order valence-corrected chi connectivity index (χ2v) is 5.82. The molecule has 1 aromatic heterocycles. The molecule has 0 spiro atoms. The zero-order valence-corrected chi connectivity index (χ0v) is 12.3. The summed E-state index contributed by atoms with van der Waals surface area (Å²) in [6, 6.07) is 13.1. The van der Waals surface area contributed by atoms with E-state index in [1.807, 2.05) is 24.3 Å². The van der Waals surface area contributed by atoms with E-state index in [9.17, 15) is 4.79 Å². The molecule has 0 unspecified atom stereocenters. The summed E-state index contributed by atoms with van der Waals surface area (Å²) in [4.78, 5) is 18.6. The Hall–Kier alpha value is -2.27. The molecule has 0 amide bonds. The van der Waals surface area contributed by atoms with Crippen molar-refractivity contribution in [1.29, 1.82) is 0 Å². The molecule has 0 radical (unpaired) electrons. The van der Waals surface area contributed by atoms with Crippen LogP contribution in [0.25, 0.3) is 11.0 Å². The molecule has 0 atom stereocenters. The van der Waals surface area contributed by atoms with Gasteiger partial charge in [-0.2, -0.15) is 0 Å². The van der Waals surface area contributed by atoms with E-state index in [0.29, 0.717) is 5.56 Å². The molecule has 0 fully saturated rings. The van der Waals surface area contributed by atoms with Crippen LogP contribution in [0.15, 0.2) is 47.6 Å². The number of hydrogen-bond acceptors (Lipinski definition) is 3. The van der Waals surface area contributed by atoms with Crippen molar-refractivity contribution in [2.75, 3.05) is 0 Å². The summed E-state index contributed by atoms with van der Waals surface area (Å²) in [7, 11) is 0. The van der Waals surface area contributed by atoms with Gasteiger partial charge < -0.3 is 10.1 Å². The maximum atomic E-state index is 10.8. The van der Waals surface area contributed by atoms with Crippen LogP contribution in [0.4, 0.5) is 0 Å². The summed E-state index contributed by atoms with van der Waals surface area (Å²) >= 11 is 1.61. The van der Waals surface area contributed by atoms with Crippen LogP contribution in [0.3, 0.4) is 0 Å². The normalized spacial score (nSPS) is 10.9. The van der Waals surface area contributed by atoms with Crippen molar-refractivity contribution < 1.29 is 9.90 Å². The van der Waals surface area contributed by atoms with Gasteiger partial charge in [0.15, 0.2) is 5.16 Å². The Balaban J connectivity index is 1.72. The predicted octanol–water partition coefficient (Wildman–Crippen LogP) is 3.86. The average molecular weight is 298 g/mol. The topological polar surface area (TPSA) is 66.0 Å². The zero-order valence-electron chi connectivity index (χ0n) is 11.5. The van der Waals surface area contributed by atoms with Gasteiger partial charge in [-0.3, -0.25) is 0 Å². The third-order valence-corrected chi connectivity index (χ3v) is 4.14. The smallest absolute Gasteiger partial charge is 0.335 e. The van der Waals surface area contributed by atoms with Gasteiger partial charge in [-0.1, -0.05) is 30.0 Å². The Morgan fingerprint density at radius 1 is 1.24 bits per heavy atom. The van der Waals surface area contributed by atoms with Gasteiger partial charge in [0, 0.05) is 5.75 Å². The Labute approximate surface area is 126 Å². The van der Waals surface area contributed by atoms with Crippen molar-refractivity contribution in [3.05, 3.63) is 59.2 Å². The van der Waals surface area contributed by atoms with E-state index in [1.54, 1.807) is 23.9 Å². The van der Waals surface area contributed by atoms with Gasteiger partial charge in [0.2, 0.25) is 0 Å². The molecule has 1 heterocycles. The Morgan fingerprint density at radius 3 is 2.71 bits per heavy atom. The fraction of sp³-hybridized carbons (Fsp3) is 0.125. The fourth-order valence-corrected chi connectivity index (χ4v) is 2.90. The van der Waals surface area contributed by atoms with Crippen LogP contribution >= 0.6 is 11.8 Å². The Kier molecular flexibility index (Phi) is 3.66. The molecule has 0 aliphatic rings. The molecule has 0 saturated carbocycles. The van der Waals surface area contributed by atoms with Crippen molar-refractivity contribution in [1.82, 2.24) is 9.97 Å². The van der Waals surface area contributed by atoms with Gasteiger partial charge in [-0.15, -0.1) is 0 Å². The number of thioether (sulfide) groups is 1. The molecule has 5 heteroatoms. The van der Waals surface area contributed by atoms with E-state index in [1.165, 1.54) is 5.56 Å². The molecular weight excluding hydrogens is 284 g/mol. The first-order chi connectivity index (χ1) is 10.1. The van der Waals surface area contributed by atoms with Gasteiger partial charge in [-0.25, -0.2) is 9.78 Å². The lowest BCUT2D eigenvalue weighted by Gasteiger charge is -2.00. The molecular formula is C16H14N2O2S. The quantitative estimate of drug-likeness (QED) is 0.718. The van der Waals surface area contributed by atoms with E-state index < -0.39 is 5.97 Å². The minimum atomic E-state index is -0.901.